The summed E-state index contributed by atoms with van der Waals surface area (Å²) in [6, 6.07) is 4.52. The van der Waals surface area contributed by atoms with Gasteiger partial charge in [0.15, 0.2) is 5.12 Å². The maximum absolute atomic E-state index is 11.0. The highest BCUT2D eigenvalue weighted by atomic mass is 32.2. The van der Waals surface area contributed by atoms with Gasteiger partial charge >= 0.3 is 0 Å². The van der Waals surface area contributed by atoms with Gasteiger partial charge < -0.3 is 5.32 Å². The third-order valence-electron chi connectivity index (χ3n) is 2.22. The molecule has 0 atom stereocenters. The highest BCUT2D eigenvalue weighted by Gasteiger charge is 2.14. The zero-order valence-corrected chi connectivity index (χ0v) is 11.9. The zero-order valence-electron chi connectivity index (χ0n) is 11.1. The normalized spacial score (nSPS) is 10.5. The molecule has 1 aromatic rings. The van der Waals surface area contributed by atoms with Crippen molar-refractivity contribution in [1.82, 2.24) is 0 Å². The Kier molecular flexibility index (Phi) is 5.92. The minimum Gasteiger partial charge on any atom is -0.321 e. The highest BCUT2D eigenvalue weighted by molar-refractivity contribution is 8.13. The van der Waals surface area contributed by atoms with E-state index >= 15 is 0 Å². The van der Waals surface area contributed by atoms with E-state index in [-0.39, 0.29) is 22.4 Å². The number of hydrogen-bond donors (Lipinski definition) is 1. The maximum atomic E-state index is 11.0. The van der Waals surface area contributed by atoms with E-state index in [1.54, 1.807) is 18.2 Å². The number of rotatable bonds is 5. The van der Waals surface area contributed by atoms with E-state index in [1.807, 2.05) is 0 Å². The molecule has 1 rings (SSSR count). The molecule has 6 nitrogen and oxygen atoms in total. The number of anilines is 1. The molecule has 1 N–H and O–H groups in total. The van der Waals surface area contributed by atoms with Crippen molar-refractivity contribution in [3.8, 4) is 0 Å². The van der Waals surface area contributed by atoms with Gasteiger partial charge in [-0.25, -0.2) is 0 Å². The summed E-state index contributed by atoms with van der Waals surface area (Å²) >= 11 is 1.16. The Hall–Kier alpha value is -2.15. The molecule has 106 valence electrons. The molecule has 0 fully saturated rings. The van der Waals surface area contributed by atoms with Crippen LogP contribution < -0.4 is 5.32 Å². The van der Waals surface area contributed by atoms with Crippen molar-refractivity contribution in [2.75, 3.05) is 11.1 Å². The fraction of sp³-hybridized carbons (Fsp3) is 0.231. The predicted molar refractivity (Wildman–Crippen MR) is 79.6 cm³/mol. The smallest absolute Gasteiger partial charge is 0.293 e. The van der Waals surface area contributed by atoms with Crippen molar-refractivity contribution in [1.29, 1.82) is 0 Å². The van der Waals surface area contributed by atoms with Crippen LogP contribution >= 0.6 is 11.8 Å². The Balaban J connectivity index is 2.90. The third-order valence-corrected chi connectivity index (χ3v) is 2.99. The highest BCUT2D eigenvalue weighted by Crippen LogP contribution is 2.26. The Morgan fingerprint density at radius 2 is 2.10 bits per heavy atom. The number of hydrogen-bond acceptors (Lipinski definition) is 5. The number of thioether (sulfide) groups is 1. The second kappa shape index (κ2) is 7.44. The first-order valence-electron chi connectivity index (χ1n) is 5.76. The van der Waals surface area contributed by atoms with Gasteiger partial charge in [0.1, 0.15) is 5.69 Å². The van der Waals surface area contributed by atoms with Crippen molar-refractivity contribution in [2.24, 2.45) is 0 Å². The van der Waals surface area contributed by atoms with Crippen molar-refractivity contribution < 1.29 is 14.5 Å². The summed E-state index contributed by atoms with van der Waals surface area (Å²) in [7, 11) is 0. The zero-order chi connectivity index (χ0) is 15.1. The Labute approximate surface area is 120 Å². The van der Waals surface area contributed by atoms with Gasteiger partial charge in [-0.2, -0.15) is 0 Å². The molecule has 0 aliphatic rings. The van der Waals surface area contributed by atoms with Crippen LogP contribution in [-0.4, -0.2) is 21.7 Å². The second-order valence-electron chi connectivity index (χ2n) is 3.92. The number of nitrogens with one attached hydrogen (secondary N) is 1. The van der Waals surface area contributed by atoms with E-state index in [0.29, 0.717) is 11.3 Å². The van der Waals surface area contributed by atoms with Crippen molar-refractivity contribution in [3.05, 3.63) is 40.0 Å². The quantitative estimate of drug-likeness (QED) is 0.666. The lowest BCUT2D eigenvalue weighted by atomic mass is 10.1. The first-order valence-corrected chi connectivity index (χ1v) is 6.74. The summed E-state index contributed by atoms with van der Waals surface area (Å²) < 4.78 is 0. The standard InChI is InChI=1S/C13H14N2O4S/c1-9(16)14-12-6-5-11(8-13(12)15(18)19)4-3-7-20-10(2)17/h3-6,8H,7H2,1-2H3,(H,14,16). The maximum Gasteiger partial charge on any atom is 0.293 e. The number of nitrogens with zero attached hydrogens (tertiary/aromatic N) is 1. The number of nitro groups is 1. The number of nitro benzene ring substituents is 1. The summed E-state index contributed by atoms with van der Waals surface area (Å²) in [5, 5.41) is 13.4. The number of carbonyl (C=O) groups excluding carboxylic acids is 2. The molecule has 1 amide bonds. The van der Waals surface area contributed by atoms with Gasteiger partial charge in [-0.05, 0) is 11.6 Å². The van der Waals surface area contributed by atoms with E-state index in [0.717, 1.165) is 11.8 Å². The molecule has 0 saturated heterocycles. The molecule has 0 radical (unpaired) electrons. The van der Waals surface area contributed by atoms with Gasteiger partial charge in [-0.3, -0.25) is 19.7 Å². The molecule has 0 aromatic heterocycles. The Bertz CT molecular complexity index is 569. The van der Waals surface area contributed by atoms with Crippen LogP contribution in [0.1, 0.15) is 19.4 Å². The lowest BCUT2D eigenvalue weighted by Crippen LogP contribution is -2.08. The molecule has 7 heteroatoms. The van der Waals surface area contributed by atoms with Gasteiger partial charge in [0.25, 0.3) is 5.69 Å². The van der Waals surface area contributed by atoms with Crippen LogP contribution in [0, 0.1) is 10.1 Å². The molecule has 0 spiro atoms. The molecule has 20 heavy (non-hydrogen) atoms. The van der Waals surface area contributed by atoms with Gasteiger partial charge in [0.2, 0.25) is 5.91 Å². The number of carbonyl (C=O) groups is 2. The van der Waals surface area contributed by atoms with Gasteiger partial charge in [-0.15, -0.1) is 0 Å². The van der Waals surface area contributed by atoms with Crippen molar-refractivity contribution in [2.45, 2.75) is 13.8 Å². The molecular weight excluding hydrogens is 280 g/mol. The minimum atomic E-state index is -0.549. The number of amides is 1. The van der Waals surface area contributed by atoms with E-state index in [9.17, 15) is 19.7 Å². The monoisotopic (exact) mass is 294 g/mol. The first kappa shape index (κ1) is 15.9. The topological polar surface area (TPSA) is 89.3 Å². The van der Waals surface area contributed by atoms with Gasteiger partial charge in [0, 0.05) is 25.7 Å². The largest absolute Gasteiger partial charge is 0.321 e. The minimum absolute atomic E-state index is 0.0154. The molecule has 0 aliphatic heterocycles. The van der Waals surface area contributed by atoms with Crippen LogP contribution in [0.3, 0.4) is 0 Å². The van der Waals surface area contributed by atoms with Crippen molar-refractivity contribution in [3.63, 3.8) is 0 Å². The lowest BCUT2D eigenvalue weighted by Gasteiger charge is -2.04. The molecular formula is C13H14N2O4S. The lowest BCUT2D eigenvalue weighted by molar-refractivity contribution is -0.383. The Morgan fingerprint density at radius 1 is 1.40 bits per heavy atom. The van der Waals surface area contributed by atoms with E-state index < -0.39 is 4.92 Å². The average molecular weight is 294 g/mol. The summed E-state index contributed by atoms with van der Waals surface area (Å²) in [6.45, 7) is 2.77. The predicted octanol–water partition coefficient (Wildman–Crippen LogP) is 2.85. The van der Waals surface area contributed by atoms with Crippen LogP contribution in [0.25, 0.3) is 6.08 Å². The molecule has 0 aliphatic carbocycles. The van der Waals surface area contributed by atoms with Crippen LogP contribution in [0.5, 0.6) is 0 Å². The van der Waals surface area contributed by atoms with Gasteiger partial charge in [0.05, 0.1) is 4.92 Å². The molecule has 0 unspecified atom stereocenters. The third kappa shape index (κ3) is 5.23. The SMILES string of the molecule is CC(=O)Nc1ccc(C=CCSC(C)=O)cc1[N+](=O)[O-]. The van der Waals surface area contributed by atoms with Crippen molar-refractivity contribution >= 4 is 40.2 Å². The van der Waals surface area contributed by atoms with Crippen LogP contribution in [-0.2, 0) is 9.59 Å². The summed E-state index contributed by atoms with van der Waals surface area (Å²) in [5.74, 6) is 0.144. The van der Waals surface area contributed by atoms with Gasteiger partial charge in [-0.1, -0.05) is 30.0 Å². The van der Waals surface area contributed by atoms with Crippen LogP contribution in [0.15, 0.2) is 24.3 Å². The average Bonchev–Trinajstić information content (AvgIpc) is 2.35. The second-order valence-corrected chi connectivity index (χ2v) is 5.12. The fourth-order valence-electron chi connectivity index (χ4n) is 1.45. The van der Waals surface area contributed by atoms with E-state index in [1.165, 1.54) is 26.0 Å². The first-order chi connectivity index (χ1) is 9.40. The molecule has 1 aromatic carbocycles. The molecule has 0 saturated carbocycles. The fourth-order valence-corrected chi connectivity index (χ4v) is 1.88. The Morgan fingerprint density at radius 3 is 2.65 bits per heavy atom. The molecule has 0 bridgehead atoms. The van der Waals surface area contributed by atoms with Crippen LogP contribution in [0.2, 0.25) is 0 Å². The van der Waals surface area contributed by atoms with E-state index in [2.05, 4.69) is 5.32 Å². The van der Waals surface area contributed by atoms with Crippen LogP contribution in [0.4, 0.5) is 11.4 Å². The summed E-state index contributed by atoms with van der Waals surface area (Å²) in [5.41, 5.74) is 0.634. The molecule has 0 heterocycles. The number of benzene rings is 1. The summed E-state index contributed by atoms with van der Waals surface area (Å²) in [4.78, 5) is 32.1. The summed E-state index contributed by atoms with van der Waals surface area (Å²) in [6.07, 6.45) is 3.45. The van der Waals surface area contributed by atoms with E-state index in [4.69, 9.17) is 0 Å².